The molecule has 1 fully saturated rings. The molecule has 3 nitrogen and oxygen atoms in total. The van der Waals surface area contributed by atoms with E-state index in [4.69, 9.17) is 6.42 Å². The molecule has 24 heavy (non-hydrogen) atoms. The van der Waals surface area contributed by atoms with E-state index in [1.165, 1.54) is 0 Å². The van der Waals surface area contributed by atoms with Crippen LogP contribution in [0.2, 0.25) is 0 Å². The van der Waals surface area contributed by atoms with Crippen LogP contribution in [0.4, 0.5) is 13.2 Å². The molecule has 0 aliphatic carbocycles. The zero-order valence-corrected chi connectivity index (χ0v) is 13.4. The van der Waals surface area contributed by atoms with E-state index in [1.807, 2.05) is 30.3 Å². The molecule has 1 saturated heterocycles. The maximum atomic E-state index is 13.3. The molecule has 1 N–H and O–H groups in total. The molecule has 1 aromatic carbocycles. The summed E-state index contributed by atoms with van der Waals surface area (Å²) in [5, 5.41) is 2.58. The Hall–Kier alpha value is -2.00. The fourth-order valence-electron chi connectivity index (χ4n) is 2.99. The van der Waals surface area contributed by atoms with Gasteiger partial charge in [-0.05, 0) is 12.0 Å². The quantitative estimate of drug-likeness (QED) is 0.639. The lowest BCUT2D eigenvalue weighted by Crippen LogP contribution is -2.40. The highest BCUT2D eigenvalue weighted by Gasteiger charge is 2.52. The minimum Gasteiger partial charge on any atom is -0.356 e. The van der Waals surface area contributed by atoms with E-state index >= 15 is 0 Å². The minimum atomic E-state index is -4.38. The van der Waals surface area contributed by atoms with Crippen LogP contribution in [0.15, 0.2) is 30.3 Å². The second-order valence-corrected chi connectivity index (χ2v) is 6.03. The van der Waals surface area contributed by atoms with Crippen LogP contribution in [-0.4, -0.2) is 36.6 Å². The van der Waals surface area contributed by atoms with Crippen LogP contribution in [0.25, 0.3) is 0 Å². The van der Waals surface area contributed by atoms with Gasteiger partial charge in [-0.15, -0.1) is 12.3 Å². The van der Waals surface area contributed by atoms with E-state index in [0.29, 0.717) is 25.9 Å². The van der Waals surface area contributed by atoms with Gasteiger partial charge in [0.05, 0.1) is 11.8 Å². The second-order valence-electron chi connectivity index (χ2n) is 6.03. The highest BCUT2D eigenvalue weighted by molar-refractivity contribution is 5.79. The molecule has 0 unspecified atom stereocenters. The third kappa shape index (κ3) is 5.00. The maximum absolute atomic E-state index is 13.3. The predicted octanol–water partition coefficient (Wildman–Crippen LogP) is 2.83. The lowest BCUT2D eigenvalue weighted by molar-refractivity contribution is -0.183. The van der Waals surface area contributed by atoms with Crippen LogP contribution < -0.4 is 5.32 Å². The van der Waals surface area contributed by atoms with Gasteiger partial charge in [-0.25, -0.2) is 0 Å². The molecule has 0 radical (unpaired) electrons. The molecule has 0 aromatic heterocycles. The summed E-state index contributed by atoms with van der Waals surface area (Å²) in [6, 6.07) is 9.30. The molecule has 6 heteroatoms. The number of nitrogens with zero attached hydrogens (tertiary/aromatic N) is 1. The summed E-state index contributed by atoms with van der Waals surface area (Å²) in [6.07, 6.45) is 1.80. The molecule has 2 rings (SSSR count). The standard InChI is InChI=1S/C18H21F3N2O/c1-2-3-7-10-22-17(24)15-12-23(13-16(15)18(19,20)21)11-14-8-5-4-6-9-14/h1,4-6,8-9,15-16H,3,7,10-13H2,(H,22,24)/t15-,16+/m1/s1. The second kappa shape index (κ2) is 8.20. The van der Waals surface area contributed by atoms with Gasteiger partial charge in [0.1, 0.15) is 0 Å². The van der Waals surface area contributed by atoms with Crippen LogP contribution >= 0.6 is 0 Å². The number of benzene rings is 1. The third-order valence-electron chi connectivity index (χ3n) is 4.20. The first kappa shape index (κ1) is 18.3. The lowest BCUT2D eigenvalue weighted by Gasteiger charge is -2.20. The van der Waals surface area contributed by atoms with E-state index in [9.17, 15) is 18.0 Å². The van der Waals surface area contributed by atoms with Gasteiger partial charge in [0.2, 0.25) is 5.91 Å². The Kier molecular flexibility index (Phi) is 6.27. The molecule has 0 saturated carbocycles. The average molecular weight is 338 g/mol. The molecule has 1 aliphatic rings. The predicted molar refractivity (Wildman–Crippen MR) is 85.8 cm³/mol. The van der Waals surface area contributed by atoms with Crippen LogP contribution in [0.3, 0.4) is 0 Å². The molecular weight excluding hydrogens is 317 g/mol. The van der Waals surface area contributed by atoms with Gasteiger partial charge in [0, 0.05) is 32.6 Å². The summed E-state index contributed by atoms with van der Waals surface area (Å²) in [7, 11) is 0. The van der Waals surface area contributed by atoms with Gasteiger partial charge in [-0.1, -0.05) is 30.3 Å². The molecule has 0 bridgehead atoms. The fourth-order valence-corrected chi connectivity index (χ4v) is 2.99. The van der Waals surface area contributed by atoms with Gasteiger partial charge in [-0.2, -0.15) is 13.2 Å². The highest BCUT2D eigenvalue weighted by atomic mass is 19.4. The number of halogens is 3. The van der Waals surface area contributed by atoms with E-state index < -0.39 is 23.9 Å². The van der Waals surface area contributed by atoms with Crippen molar-refractivity contribution in [3.8, 4) is 12.3 Å². The molecular formula is C18H21F3N2O. The number of rotatable bonds is 6. The van der Waals surface area contributed by atoms with Crippen molar-refractivity contribution in [2.24, 2.45) is 11.8 Å². The van der Waals surface area contributed by atoms with Crippen LogP contribution in [0, 0.1) is 24.2 Å². The first-order valence-electron chi connectivity index (χ1n) is 7.96. The summed E-state index contributed by atoms with van der Waals surface area (Å²) in [5.74, 6) is -0.799. The van der Waals surface area contributed by atoms with E-state index in [2.05, 4.69) is 11.2 Å². The number of terminal acetylenes is 1. The van der Waals surface area contributed by atoms with Crippen LogP contribution in [0.5, 0.6) is 0 Å². The maximum Gasteiger partial charge on any atom is 0.393 e. The number of hydrogen-bond acceptors (Lipinski definition) is 2. The van der Waals surface area contributed by atoms with Crippen molar-refractivity contribution >= 4 is 5.91 Å². The Balaban J connectivity index is 1.99. The number of carbonyl (C=O) groups excluding carboxylic acids is 1. The average Bonchev–Trinajstić information content (AvgIpc) is 2.96. The zero-order valence-electron chi connectivity index (χ0n) is 13.4. The van der Waals surface area contributed by atoms with Crippen molar-refractivity contribution in [2.75, 3.05) is 19.6 Å². The van der Waals surface area contributed by atoms with Crippen molar-refractivity contribution in [1.82, 2.24) is 10.2 Å². The van der Waals surface area contributed by atoms with Gasteiger partial charge < -0.3 is 5.32 Å². The largest absolute Gasteiger partial charge is 0.393 e. The smallest absolute Gasteiger partial charge is 0.356 e. The Bertz CT molecular complexity index is 580. The van der Waals surface area contributed by atoms with Gasteiger partial charge in [-0.3, -0.25) is 9.69 Å². The SMILES string of the molecule is C#CCCCNC(=O)[C@@H]1CN(Cc2ccccc2)C[C@@H]1C(F)(F)F. The molecule has 1 aliphatic heterocycles. The van der Waals surface area contributed by atoms with E-state index in [0.717, 1.165) is 5.56 Å². The lowest BCUT2D eigenvalue weighted by atomic mass is 9.94. The van der Waals surface area contributed by atoms with Crippen LogP contribution in [0.1, 0.15) is 18.4 Å². The Morgan fingerprint density at radius 2 is 2.00 bits per heavy atom. The van der Waals surface area contributed by atoms with Gasteiger partial charge in [0.25, 0.3) is 0 Å². The van der Waals surface area contributed by atoms with Crippen molar-refractivity contribution in [1.29, 1.82) is 0 Å². The number of unbranched alkanes of at least 4 members (excludes halogenated alkanes) is 1. The molecule has 0 spiro atoms. The van der Waals surface area contributed by atoms with E-state index in [-0.39, 0.29) is 13.1 Å². The van der Waals surface area contributed by atoms with Crippen molar-refractivity contribution in [3.05, 3.63) is 35.9 Å². The number of likely N-dealkylation sites (tertiary alicyclic amines) is 1. The van der Waals surface area contributed by atoms with Crippen molar-refractivity contribution < 1.29 is 18.0 Å². The molecule has 2 atom stereocenters. The van der Waals surface area contributed by atoms with Gasteiger partial charge >= 0.3 is 6.18 Å². The normalized spacial score (nSPS) is 21.4. The molecule has 1 amide bonds. The summed E-state index contributed by atoms with van der Waals surface area (Å²) in [5.41, 5.74) is 0.938. The van der Waals surface area contributed by atoms with Crippen molar-refractivity contribution in [2.45, 2.75) is 25.6 Å². The fraction of sp³-hybridized carbons (Fsp3) is 0.500. The topological polar surface area (TPSA) is 32.3 Å². The number of carbonyl (C=O) groups is 1. The monoisotopic (exact) mass is 338 g/mol. The van der Waals surface area contributed by atoms with Crippen molar-refractivity contribution in [3.63, 3.8) is 0 Å². The van der Waals surface area contributed by atoms with E-state index in [1.54, 1.807) is 4.90 Å². The summed E-state index contributed by atoms with van der Waals surface area (Å²) >= 11 is 0. The molecule has 1 aromatic rings. The first-order valence-corrected chi connectivity index (χ1v) is 7.96. The molecule has 130 valence electrons. The van der Waals surface area contributed by atoms with Crippen LogP contribution in [-0.2, 0) is 11.3 Å². The number of alkyl halides is 3. The number of nitrogens with one attached hydrogen (secondary N) is 1. The van der Waals surface area contributed by atoms with Gasteiger partial charge in [0.15, 0.2) is 0 Å². The number of hydrogen-bond donors (Lipinski definition) is 1. The third-order valence-corrected chi connectivity index (χ3v) is 4.20. The Labute approximate surface area is 140 Å². The highest BCUT2D eigenvalue weighted by Crippen LogP contribution is 2.38. The Morgan fingerprint density at radius 1 is 1.29 bits per heavy atom. The first-order chi connectivity index (χ1) is 11.4. The summed E-state index contributed by atoms with van der Waals surface area (Å²) in [6.45, 7) is 0.679. The Morgan fingerprint density at radius 3 is 2.62 bits per heavy atom. The molecule has 1 heterocycles. The number of amides is 1. The summed E-state index contributed by atoms with van der Waals surface area (Å²) in [4.78, 5) is 13.9. The zero-order chi connectivity index (χ0) is 17.6. The summed E-state index contributed by atoms with van der Waals surface area (Å²) < 4.78 is 39.9. The minimum absolute atomic E-state index is 0.111.